The van der Waals surface area contributed by atoms with E-state index in [4.69, 9.17) is 0 Å². The number of hydrogen-bond donors (Lipinski definition) is 0. The van der Waals surface area contributed by atoms with E-state index in [1.165, 1.54) is 25.7 Å². The molecule has 0 N–H and O–H groups in total. The molecule has 0 heterocycles. The van der Waals surface area contributed by atoms with Crippen LogP contribution in [0.5, 0.6) is 0 Å². The molecule has 0 aliphatic carbocycles. The van der Waals surface area contributed by atoms with Crippen LogP contribution in [0.1, 0.15) is 52.4 Å². The summed E-state index contributed by atoms with van der Waals surface area (Å²) in [5.74, 6) is 0. The molecule has 0 amide bonds. The first kappa shape index (κ1) is 11.5. The van der Waals surface area contributed by atoms with Crippen LogP contribution in [0.3, 0.4) is 0 Å². The van der Waals surface area contributed by atoms with Crippen LogP contribution in [0.4, 0.5) is 0 Å². The van der Waals surface area contributed by atoms with Crippen molar-refractivity contribution in [1.29, 1.82) is 0 Å². The summed E-state index contributed by atoms with van der Waals surface area (Å²) in [6, 6.07) is 0. The van der Waals surface area contributed by atoms with Crippen molar-refractivity contribution < 1.29 is 0 Å². The fourth-order valence-electron chi connectivity index (χ4n) is 1.07. The summed E-state index contributed by atoms with van der Waals surface area (Å²) in [6.45, 7) is 4.41. The highest BCUT2D eigenvalue weighted by molar-refractivity contribution is 4.92. The van der Waals surface area contributed by atoms with Crippen LogP contribution < -0.4 is 0 Å². The van der Waals surface area contributed by atoms with Crippen LogP contribution in [0.25, 0.3) is 0 Å². The SMILES string of the molecule is CCC=CCC=CCCCCC. The Labute approximate surface area is 77.4 Å². The Hall–Kier alpha value is -0.520. The van der Waals surface area contributed by atoms with Crippen LogP contribution in [-0.2, 0) is 0 Å². The molecule has 0 rings (SSSR count). The molecule has 0 aromatic rings. The third-order valence-electron chi connectivity index (χ3n) is 1.82. The highest BCUT2D eigenvalue weighted by atomic mass is 13.9. The van der Waals surface area contributed by atoms with Gasteiger partial charge in [-0.3, -0.25) is 0 Å². The summed E-state index contributed by atoms with van der Waals surface area (Å²) in [5.41, 5.74) is 0. The van der Waals surface area contributed by atoms with E-state index in [0.717, 1.165) is 12.8 Å². The van der Waals surface area contributed by atoms with Crippen molar-refractivity contribution in [1.82, 2.24) is 0 Å². The van der Waals surface area contributed by atoms with Crippen LogP contribution in [0.15, 0.2) is 24.3 Å². The van der Waals surface area contributed by atoms with E-state index in [0.29, 0.717) is 0 Å². The van der Waals surface area contributed by atoms with Crippen LogP contribution in [0.2, 0.25) is 0 Å². The first-order valence-electron chi connectivity index (χ1n) is 5.21. The number of unbranched alkanes of at least 4 members (excludes halogenated alkanes) is 3. The molecule has 0 nitrogen and oxygen atoms in total. The van der Waals surface area contributed by atoms with Crippen LogP contribution in [0, 0.1) is 0 Å². The van der Waals surface area contributed by atoms with Crippen molar-refractivity contribution in [2.45, 2.75) is 52.4 Å². The third-order valence-corrected chi connectivity index (χ3v) is 1.82. The monoisotopic (exact) mass is 166 g/mol. The van der Waals surface area contributed by atoms with Gasteiger partial charge in [-0.15, -0.1) is 0 Å². The summed E-state index contributed by atoms with van der Waals surface area (Å²) < 4.78 is 0. The molecule has 0 aliphatic heterocycles. The van der Waals surface area contributed by atoms with Gasteiger partial charge in [-0.25, -0.2) is 0 Å². The topological polar surface area (TPSA) is 0 Å². The number of hydrogen-bond acceptors (Lipinski definition) is 0. The molecule has 0 bridgehead atoms. The van der Waals surface area contributed by atoms with E-state index in [9.17, 15) is 0 Å². The van der Waals surface area contributed by atoms with Gasteiger partial charge in [0.2, 0.25) is 0 Å². The molecule has 70 valence electrons. The predicted octanol–water partition coefficient (Wildman–Crippen LogP) is 4.48. The number of rotatable bonds is 7. The Morgan fingerprint density at radius 1 is 0.833 bits per heavy atom. The second-order valence-corrected chi connectivity index (χ2v) is 3.08. The molecule has 0 aromatic heterocycles. The van der Waals surface area contributed by atoms with Crippen molar-refractivity contribution in [2.24, 2.45) is 0 Å². The molecule has 0 spiro atoms. The van der Waals surface area contributed by atoms with Gasteiger partial charge in [-0.2, -0.15) is 0 Å². The summed E-state index contributed by atoms with van der Waals surface area (Å²) >= 11 is 0. The minimum Gasteiger partial charge on any atom is -0.0885 e. The molecule has 0 radical (unpaired) electrons. The van der Waals surface area contributed by atoms with Gasteiger partial charge in [0.1, 0.15) is 0 Å². The Kier molecular flexibility index (Phi) is 10.0. The maximum Gasteiger partial charge on any atom is -0.0169 e. The van der Waals surface area contributed by atoms with Crippen LogP contribution in [-0.4, -0.2) is 0 Å². The molecular weight excluding hydrogens is 144 g/mol. The van der Waals surface area contributed by atoms with Gasteiger partial charge in [-0.1, -0.05) is 51.0 Å². The Morgan fingerprint density at radius 3 is 2.25 bits per heavy atom. The number of allylic oxidation sites excluding steroid dienone is 4. The lowest BCUT2D eigenvalue weighted by Crippen LogP contribution is -1.70. The van der Waals surface area contributed by atoms with Gasteiger partial charge in [0, 0.05) is 0 Å². The van der Waals surface area contributed by atoms with E-state index in [1.54, 1.807) is 0 Å². The summed E-state index contributed by atoms with van der Waals surface area (Å²) in [7, 11) is 0. The van der Waals surface area contributed by atoms with Gasteiger partial charge in [-0.05, 0) is 25.7 Å². The molecule has 12 heavy (non-hydrogen) atoms. The lowest BCUT2D eigenvalue weighted by Gasteiger charge is -1.90. The lowest BCUT2D eigenvalue weighted by atomic mass is 10.2. The van der Waals surface area contributed by atoms with Gasteiger partial charge >= 0.3 is 0 Å². The molecule has 0 fully saturated rings. The van der Waals surface area contributed by atoms with E-state index in [-0.39, 0.29) is 0 Å². The lowest BCUT2D eigenvalue weighted by molar-refractivity contribution is 0.728. The quantitative estimate of drug-likeness (QED) is 0.386. The molecule has 0 saturated heterocycles. The fourth-order valence-corrected chi connectivity index (χ4v) is 1.07. The Morgan fingerprint density at radius 2 is 1.58 bits per heavy atom. The molecular formula is C12H22. The first-order valence-corrected chi connectivity index (χ1v) is 5.21. The normalized spacial score (nSPS) is 11.8. The molecule has 0 heteroatoms. The Bertz CT molecular complexity index is 120. The molecule has 0 atom stereocenters. The van der Waals surface area contributed by atoms with E-state index in [1.807, 2.05) is 0 Å². The summed E-state index contributed by atoms with van der Waals surface area (Å²) in [6.07, 6.45) is 16.6. The molecule has 0 aromatic carbocycles. The van der Waals surface area contributed by atoms with E-state index >= 15 is 0 Å². The minimum atomic E-state index is 1.11. The first-order chi connectivity index (χ1) is 5.91. The van der Waals surface area contributed by atoms with Gasteiger partial charge in [0.15, 0.2) is 0 Å². The second kappa shape index (κ2) is 10.5. The van der Waals surface area contributed by atoms with E-state index in [2.05, 4.69) is 38.2 Å². The zero-order valence-electron chi connectivity index (χ0n) is 8.55. The Balaban J connectivity index is 3.08. The average Bonchev–Trinajstić information content (AvgIpc) is 2.10. The van der Waals surface area contributed by atoms with E-state index < -0.39 is 0 Å². The van der Waals surface area contributed by atoms with Crippen molar-refractivity contribution >= 4 is 0 Å². The summed E-state index contributed by atoms with van der Waals surface area (Å²) in [4.78, 5) is 0. The largest absolute Gasteiger partial charge is 0.0885 e. The average molecular weight is 166 g/mol. The standard InChI is InChI=1S/C12H22/c1-3-5-7-9-11-12-10-8-6-4-2/h5,7,11-12H,3-4,6,8-10H2,1-2H3. The van der Waals surface area contributed by atoms with Crippen molar-refractivity contribution in [3.63, 3.8) is 0 Å². The third kappa shape index (κ3) is 9.48. The zero-order chi connectivity index (χ0) is 9.07. The highest BCUT2D eigenvalue weighted by Crippen LogP contribution is 2.00. The fraction of sp³-hybridized carbons (Fsp3) is 0.667. The summed E-state index contributed by atoms with van der Waals surface area (Å²) in [5, 5.41) is 0. The highest BCUT2D eigenvalue weighted by Gasteiger charge is 1.80. The molecule has 0 unspecified atom stereocenters. The maximum atomic E-state index is 2.30. The van der Waals surface area contributed by atoms with Crippen LogP contribution >= 0.6 is 0 Å². The predicted molar refractivity (Wildman–Crippen MR) is 57.3 cm³/mol. The van der Waals surface area contributed by atoms with Gasteiger partial charge < -0.3 is 0 Å². The molecule has 0 aliphatic rings. The van der Waals surface area contributed by atoms with Crippen molar-refractivity contribution in [2.75, 3.05) is 0 Å². The maximum absolute atomic E-state index is 2.30. The minimum absolute atomic E-state index is 1.11. The second-order valence-electron chi connectivity index (χ2n) is 3.08. The van der Waals surface area contributed by atoms with Gasteiger partial charge in [0.25, 0.3) is 0 Å². The van der Waals surface area contributed by atoms with Crippen molar-refractivity contribution in [3.05, 3.63) is 24.3 Å². The smallest absolute Gasteiger partial charge is 0.0169 e. The van der Waals surface area contributed by atoms with Crippen molar-refractivity contribution in [3.8, 4) is 0 Å². The zero-order valence-corrected chi connectivity index (χ0v) is 8.55. The molecule has 0 saturated carbocycles. The van der Waals surface area contributed by atoms with Gasteiger partial charge in [0.05, 0.1) is 0 Å².